The van der Waals surface area contributed by atoms with Gasteiger partial charge in [-0.1, -0.05) is 12.1 Å². The highest BCUT2D eigenvalue weighted by molar-refractivity contribution is 5.48. The van der Waals surface area contributed by atoms with E-state index in [4.69, 9.17) is 10.3 Å². The van der Waals surface area contributed by atoms with Crippen molar-refractivity contribution in [1.82, 2.24) is 15.1 Å². The predicted octanol–water partition coefficient (Wildman–Crippen LogP) is 1.28. The lowest BCUT2D eigenvalue weighted by Crippen LogP contribution is -1.93. The zero-order chi connectivity index (χ0) is 9.97. The largest absolute Gasteiger partial charge is 0.384 e. The third kappa shape index (κ3) is 1.56. The summed E-state index contributed by atoms with van der Waals surface area (Å²) in [5.41, 5.74) is 6.40. The average Bonchev–Trinajstić information content (AvgIpc) is 2.66. The van der Waals surface area contributed by atoms with E-state index in [0.29, 0.717) is 17.4 Å². The van der Waals surface area contributed by atoms with Crippen LogP contribution in [0.3, 0.4) is 0 Å². The van der Waals surface area contributed by atoms with E-state index in [0.717, 1.165) is 12.1 Å². The molecule has 0 unspecified atom stereocenters. The van der Waals surface area contributed by atoms with Crippen molar-refractivity contribution >= 4 is 5.82 Å². The molecule has 5 nitrogen and oxygen atoms in total. The molecule has 2 aromatic rings. The number of aryl methyl sites for hydroxylation is 1. The van der Waals surface area contributed by atoms with Crippen LogP contribution in [-0.4, -0.2) is 15.1 Å². The number of hydrogen-bond acceptors (Lipinski definition) is 5. The van der Waals surface area contributed by atoms with Gasteiger partial charge in [0.1, 0.15) is 5.82 Å². The summed E-state index contributed by atoms with van der Waals surface area (Å²) in [6, 6.07) is 3.44. The highest BCUT2D eigenvalue weighted by Gasteiger charge is 2.07. The van der Waals surface area contributed by atoms with Gasteiger partial charge >= 0.3 is 0 Å². The SMILES string of the molecule is CCc1cc(-c2nccc(N)n2)on1. The number of nitrogens with two attached hydrogens (primary N) is 1. The zero-order valence-electron chi connectivity index (χ0n) is 7.77. The molecule has 0 radical (unpaired) electrons. The first kappa shape index (κ1) is 8.68. The highest BCUT2D eigenvalue weighted by atomic mass is 16.5. The van der Waals surface area contributed by atoms with Gasteiger partial charge in [0, 0.05) is 12.3 Å². The maximum atomic E-state index is 5.52. The molecule has 2 aromatic heterocycles. The van der Waals surface area contributed by atoms with Gasteiger partial charge in [-0.25, -0.2) is 9.97 Å². The Balaban J connectivity index is 2.39. The minimum absolute atomic E-state index is 0.421. The van der Waals surface area contributed by atoms with Gasteiger partial charge in [0.25, 0.3) is 0 Å². The molecule has 0 bridgehead atoms. The topological polar surface area (TPSA) is 77.8 Å². The maximum absolute atomic E-state index is 5.52. The Morgan fingerprint density at radius 2 is 2.36 bits per heavy atom. The van der Waals surface area contributed by atoms with Crippen LogP contribution in [0.2, 0.25) is 0 Å². The van der Waals surface area contributed by atoms with Gasteiger partial charge in [-0.05, 0) is 12.5 Å². The molecular formula is C9H10N4O. The molecule has 2 rings (SSSR count). The van der Waals surface area contributed by atoms with Gasteiger partial charge in [0.15, 0.2) is 0 Å². The smallest absolute Gasteiger partial charge is 0.204 e. The predicted molar refractivity (Wildman–Crippen MR) is 51.3 cm³/mol. The third-order valence-corrected chi connectivity index (χ3v) is 1.82. The molecule has 0 aromatic carbocycles. The second-order valence-electron chi connectivity index (χ2n) is 2.84. The first-order valence-corrected chi connectivity index (χ1v) is 4.34. The van der Waals surface area contributed by atoms with Crippen molar-refractivity contribution in [3.8, 4) is 11.6 Å². The van der Waals surface area contributed by atoms with E-state index in [-0.39, 0.29) is 0 Å². The summed E-state index contributed by atoms with van der Waals surface area (Å²) < 4.78 is 5.07. The molecule has 0 atom stereocenters. The van der Waals surface area contributed by atoms with E-state index in [1.165, 1.54) is 0 Å². The van der Waals surface area contributed by atoms with Crippen molar-refractivity contribution in [2.45, 2.75) is 13.3 Å². The summed E-state index contributed by atoms with van der Waals surface area (Å²) in [6.07, 6.45) is 2.41. The van der Waals surface area contributed by atoms with Crippen LogP contribution >= 0.6 is 0 Å². The second-order valence-corrected chi connectivity index (χ2v) is 2.84. The van der Waals surface area contributed by atoms with E-state index >= 15 is 0 Å². The van der Waals surface area contributed by atoms with Crippen LogP contribution in [0.1, 0.15) is 12.6 Å². The maximum Gasteiger partial charge on any atom is 0.204 e. The number of nitrogen functional groups attached to an aromatic ring is 1. The lowest BCUT2D eigenvalue weighted by atomic mass is 10.3. The van der Waals surface area contributed by atoms with Gasteiger partial charge < -0.3 is 10.3 Å². The van der Waals surface area contributed by atoms with E-state index < -0.39 is 0 Å². The first-order chi connectivity index (χ1) is 6.79. The van der Waals surface area contributed by atoms with Crippen LogP contribution in [0.5, 0.6) is 0 Å². The Kier molecular flexibility index (Phi) is 2.14. The summed E-state index contributed by atoms with van der Waals surface area (Å²) in [6.45, 7) is 2.00. The van der Waals surface area contributed by atoms with Gasteiger partial charge in [-0.3, -0.25) is 0 Å². The lowest BCUT2D eigenvalue weighted by Gasteiger charge is -1.93. The Labute approximate surface area is 81.0 Å². The fraction of sp³-hybridized carbons (Fsp3) is 0.222. The molecule has 0 amide bonds. The quantitative estimate of drug-likeness (QED) is 0.771. The molecule has 0 spiro atoms. The molecule has 0 aliphatic heterocycles. The van der Waals surface area contributed by atoms with Crippen LogP contribution in [-0.2, 0) is 6.42 Å². The Morgan fingerprint density at radius 1 is 1.50 bits per heavy atom. The number of hydrogen-bond donors (Lipinski definition) is 1. The molecule has 0 aliphatic carbocycles. The van der Waals surface area contributed by atoms with Gasteiger partial charge in [-0.15, -0.1) is 0 Å². The van der Waals surface area contributed by atoms with Crippen molar-refractivity contribution in [1.29, 1.82) is 0 Å². The zero-order valence-corrected chi connectivity index (χ0v) is 7.77. The van der Waals surface area contributed by atoms with Crippen LogP contribution in [0.25, 0.3) is 11.6 Å². The Morgan fingerprint density at radius 3 is 3.00 bits per heavy atom. The molecule has 0 fully saturated rings. The fourth-order valence-corrected chi connectivity index (χ4v) is 1.08. The minimum atomic E-state index is 0.421. The first-order valence-electron chi connectivity index (χ1n) is 4.34. The van der Waals surface area contributed by atoms with Crippen molar-refractivity contribution in [3.63, 3.8) is 0 Å². The summed E-state index contributed by atoms with van der Waals surface area (Å²) in [5.74, 6) is 1.44. The summed E-state index contributed by atoms with van der Waals surface area (Å²) in [5, 5.41) is 3.84. The minimum Gasteiger partial charge on any atom is -0.384 e. The van der Waals surface area contributed by atoms with Crippen molar-refractivity contribution < 1.29 is 4.52 Å². The van der Waals surface area contributed by atoms with E-state index in [1.807, 2.05) is 13.0 Å². The van der Waals surface area contributed by atoms with Crippen molar-refractivity contribution in [2.24, 2.45) is 0 Å². The van der Waals surface area contributed by atoms with Gasteiger partial charge in [0.2, 0.25) is 11.6 Å². The fourth-order valence-electron chi connectivity index (χ4n) is 1.08. The van der Waals surface area contributed by atoms with Crippen LogP contribution in [0.4, 0.5) is 5.82 Å². The number of nitrogens with zero attached hydrogens (tertiary/aromatic N) is 3. The molecule has 0 saturated carbocycles. The highest BCUT2D eigenvalue weighted by Crippen LogP contribution is 2.16. The summed E-state index contributed by atoms with van der Waals surface area (Å²) >= 11 is 0. The van der Waals surface area contributed by atoms with Crippen LogP contribution in [0, 0.1) is 0 Å². The Hall–Kier alpha value is -1.91. The Bertz CT molecular complexity index is 438. The second kappa shape index (κ2) is 3.45. The molecule has 5 heteroatoms. The standard InChI is InChI=1S/C9H10N4O/c1-2-6-5-7(14-13-6)9-11-4-3-8(10)12-9/h3-5H,2H2,1H3,(H2,10,11,12). The molecule has 0 aliphatic rings. The normalized spacial score (nSPS) is 10.4. The van der Waals surface area contributed by atoms with Crippen LogP contribution in [0.15, 0.2) is 22.9 Å². The van der Waals surface area contributed by atoms with Crippen molar-refractivity contribution in [2.75, 3.05) is 5.73 Å². The monoisotopic (exact) mass is 190 g/mol. The van der Waals surface area contributed by atoms with E-state index in [9.17, 15) is 0 Å². The van der Waals surface area contributed by atoms with Crippen molar-refractivity contribution in [3.05, 3.63) is 24.0 Å². The summed E-state index contributed by atoms with van der Waals surface area (Å²) in [4.78, 5) is 8.06. The number of anilines is 1. The number of rotatable bonds is 2. The molecule has 14 heavy (non-hydrogen) atoms. The number of aromatic nitrogens is 3. The van der Waals surface area contributed by atoms with Crippen LogP contribution < -0.4 is 5.73 Å². The van der Waals surface area contributed by atoms with Gasteiger partial charge in [-0.2, -0.15) is 0 Å². The summed E-state index contributed by atoms with van der Waals surface area (Å²) in [7, 11) is 0. The third-order valence-electron chi connectivity index (χ3n) is 1.82. The molecular weight excluding hydrogens is 180 g/mol. The van der Waals surface area contributed by atoms with Gasteiger partial charge in [0.05, 0.1) is 5.69 Å². The molecule has 2 heterocycles. The lowest BCUT2D eigenvalue weighted by molar-refractivity contribution is 0.422. The van der Waals surface area contributed by atoms with E-state index in [1.54, 1.807) is 12.3 Å². The molecule has 72 valence electrons. The van der Waals surface area contributed by atoms with E-state index in [2.05, 4.69) is 15.1 Å². The molecule has 0 saturated heterocycles. The average molecular weight is 190 g/mol. The molecule has 2 N–H and O–H groups in total.